The number of benzene rings is 2. The third-order valence-electron chi connectivity index (χ3n) is 3.10. The van der Waals surface area contributed by atoms with E-state index in [0.29, 0.717) is 27.6 Å². The van der Waals surface area contributed by atoms with E-state index in [0.717, 1.165) is 10.0 Å². The van der Waals surface area contributed by atoms with Gasteiger partial charge in [-0.3, -0.25) is 4.79 Å². The second kappa shape index (κ2) is 6.50. The van der Waals surface area contributed by atoms with Gasteiger partial charge < -0.3 is 9.47 Å². The summed E-state index contributed by atoms with van der Waals surface area (Å²) in [6.07, 6.45) is 0. The SMILES string of the molecule is COc1cc(C)c(C(=O)c2cc(Cl)cc(Br)c2)cc1OC. The topological polar surface area (TPSA) is 35.5 Å². The van der Waals surface area contributed by atoms with Gasteiger partial charge in [-0.25, -0.2) is 0 Å². The first-order chi connectivity index (χ1) is 9.96. The van der Waals surface area contributed by atoms with Crippen molar-refractivity contribution in [3.05, 3.63) is 56.5 Å². The molecule has 0 spiro atoms. The lowest BCUT2D eigenvalue weighted by Crippen LogP contribution is -2.05. The Hall–Kier alpha value is -1.52. The lowest BCUT2D eigenvalue weighted by atomic mass is 9.98. The van der Waals surface area contributed by atoms with Crippen LogP contribution >= 0.6 is 27.5 Å². The standard InChI is InChI=1S/C16H14BrClO3/c1-9-4-14(20-2)15(21-3)8-13(9)16(19)10-5-11(17)7-12(18)6-10/h4-8H,1-3H3. The fraction of sp³-hybridized carbons (Fsp3) is 0.188. The molecule has 21 heavy (non-hydrogen) atoms. The van der Waals surface area contributed by atoms with E-state index >= 15 is 0 Å². The number of aryl methyl sites for hydroxylation is 1. The predicted octanol–water partition coefficient (Wildman–Crippen LogP) is 4.66. The van der Waals surface area contributed by atoms with Crippen LogP contribution in [-0.2, 0) is 0 Å². The first-order valence-electron chi connectivity index (χ1n) is 6.19. The lowest BCUT2D eigenvalue weighted by molar-refractivity contribution is 0.103. The van der Waals surface area contributed by atoms with E-state index in [1.54, 1.807) is 37.4 Å². The predicted molar refractivity (Wildman–Crippen MR) is 86.9 cm³/mol. The maximum atomic E-state index is 12.7. The minimum atomic E-state index is -0.114. The van der Waals surface area contributed by atoms with Crippen LogP contribution in [-0.4, -0.2) is 20.0 Å². The van der Waals surface area contributed by atoms with Crippen molar-refractivity contribution in [2.75, 3.05) is 14.2 Å². The fourth-order valence-corrected chi connectivity index (χ4v) is 2.93. The molecule has 0 aliphatic heterocycles. The van der Waals surface area contributed by atoms with Crippen molar-refractivity contribution < 1.29 is 14.3 Å². The van der Waals surface area contributed by atoms with Crippen LogP contribution in [0.2, 0.25) is 5.02 Å². The molecule has 110 valence electrons. The van der Waals surface area contributed by atoms with Gasteiger partial charge in [-0.1, -0.05) is 27.5 Å². The summed E-state index contributed by atoms with van der Waals surface area (Å²) in [7, 11) is 3.10. The van der Waals surface area contributed by atoms with Gasteiger partial charge in [0.05, 0.1) is 14.2 Å². The molecule has 0 saturated heterocycles. The molecule has 2 aromatic carbocycles. The van der Waals surface area contributed by atoms with Crippen LogP contribution in [0.5, 0.6) is 11.5 Å². The average Bonchev–Trinajstić information content (AvgIpc) is 2.45. The number of hydrogen-bond donors (Lipinski definition) is 0. The van der Waals surface area contributed by atoms with Crippen molar-refractivity contribution >= 4 is 33.3 Å². The molecule has 0 bridgehead atoms. The van der Waals surface area contributed by atoms with E-state index in [9.17, 15) is 4.79 Å². The molecule has 0 aliphatic carbocycles. The summed E-state index contributed by atoms with van der Waals surface area (Å²) in [5.74, 6) is 1.00. The van der Waals surface area contributed by atoms with Gasteiger partial charge in [0.15, 0.2) is 17.3 Å². The minimum absolute atomic E-state index is 0.114. The Morgan fingerprint density at radius 3 is 2.24 bits per heavy atom. The van der Waals surface area contributed by atoms with E-state index in [1.165, 1.54) is 7.11 Å². The van der Waals surface area contributed by atoms with Crippen molar-refractivity contribution in [2.24, 2.45) is 0 Å². The van der Waals surface area contributed by atoms with Crippen molar-refractivity contribution in [1.29, 1.82) is 0 Å². The van der Waals surface area contributed by atoms with Gasteiger partial charge in [-0.05, 0) is 42.8 Å². The molecular formula is C16H14BrClO3. The minimum Gasteiger partial charge on any atom is -0.493 e. The first kappa shape index (κ1) is 15.9. The van der Waals surface area contributed by atoms with E-state index in [2.05, 4.69) is 15.9 Å². The van der Waals surface area contributed by atoms with E-state index in [1.807, 2.05) is 6.92 Å². The summed E-state index contributed by atoms with van der Waals surface area (Å²) in [4.78, 5) is 12.7. The Bertz CT molecular complexity index is 678. The second-order valence-corrected chi connectivity index (χ2v) is 5.86. The Balaban J connectivity index is 2.52. The van der Waals surface area contributed by atoms with Crippen molar-refractivity contribution in [1.82, 2.24) is 0 Å². The highest BCUT2D eigenvalue weighted by atomic mass is 79.9. The molecule has 0 aliphatic rings. The van der Waals surface area contributed by atoms with Gasteiger partial charge >= 0.3 is 0 Å². The largest absolute Gasteiger partial charge is 0.493 e. The smallest absolute Gasteiger partial charge is 0.193 e. The number of carbonyl (C=O) groups excluding carboxylic acids is 1. The molecule has 0 N–H and O–H groups in total. The molecule has 0 unspecified atom stereocenters. The zero-order chi connectivity index (χ0) is 15.6. The number of ether oxygens (including phenoxy) is 2. The molecule has 0 atom stereocenters. The second-order valence-electron chi connectivity index (χ2n) is 4.51. The third kappa shape index (κ3) is 3.39. The Morgan fingerprint density at radius 2 is 1.67 bits per heavy atom. The Morgan fingerprint density at radius 1 is 1.05 bits per heavy atom. The Labute approximate surface area is 137 Å². The van der Waals surface area contributed by atoms with Crippen LogP contribution in [0.4, 0.5) is 0 Å². The highest BCUT2D eigenvalue weighted by molar-refractivity contribution is 9.10. The summed E-state index contributed by atoms with van der Waals surface area (Å²) in [6.45, 7) is 1.86. The molecule has 0 fully saturated rings. The molecule has 2 aromatic rings. The number of hydrogen-bond acceptors (Lipinski definition) is 3. The average molecular weight is 370 g/mol. The molecule has 0 radical (unpaired) electrons. The highest BCUT2D eigenvalue weighted by Crippen LogP contribution is 2.32. The van der Waals surface area contributed by atoms with E-state index in [-0.39, 0.29) is 5.78 Å². The number of halogens is 2. The van der Waals surface area contributed by atoms with E-state index < -0.39 is 0 Å². The number of methoxy groups -OCH3 is 2. The number of ketones is 1. The van der Waals surface area contributed by atoms with Crippen LogP contribution in [0.15, 0.2) is 34.8 Å². The summed E-state index contributed by atoms with van der Waals surface area (Å²) in [5, 5.41) is 0.505. The Kier molecular flexibility index (Phi) is 4.91. The monoisotopic (exact) mass is 368 g/mol. The maximum Gasteiger partial charge on any atom is 0.193 e. The van der Waals surface area contributed by atoms with Crippen LogP contribution in [0.25, 0.3) is 0 Å². The van der Waals surface area contributed by atoms with Gasteiger partial charge in [0.2, 0.25) is 0 Å². The zero-order valence-electron chi connectivity index (χ0n) is 11.9. The van der Waals surface area contributed by atoms with Crippen LogP contribution in [0, 0.1) is 6.92 Å². The summed E-state index contributed by atoms with van der Waals surface area (Å²) < 4.78 is 11.2. The summed E-state index contributed by atoms with van der Waals surface area (Å²) >= 11 is 9.34. The van der Waals surface area contributed by atoms with Gasteiger partial charge in [0.1, 0.15) is 0 Å². The lowest BCUT2D eigenvalue weighted by Gasteiger charge is -2.12. The molecule has 2 rings (SSSR count). The first-order valence-corrected chi connectivity index (χ1v) is 7.36. The van der Waals surface area contributed by atoms with Gasteiger partial charge in [-0.2, -0.15) is 0 Å². The molecule has 0 amide bonds. The quantitative estimate of drug-likeness (QED) is 0.735. The van der Waals surface area contributed by atoms with Crippen molar-refractivity contribution in [2.45, 2.75) is 6.92 Å². The summed E-state index contributed by atoms with van der Waals surface area (Å²) in [5.41, 5.74) is 1.89. The van der Waals surface area contributed by atoms with E-state index in [4.69, 9.17) is 21.1 Å². The normalized spacial score (nSPS) is 10.3. The molecule has 0 saturated carbocycles. The van der Waals surface area contributed by atoms with Gasteiger partial charge in [-0.15, -0.1) is 0 Å². The molecule has 0 aromatic heterocycles. The molecule has 5 heteroatoms. The van der Waals surface area contributed by atoms with Crippen LogP contribution in [0.1, 0.15) is 21.5 Å². The third-order valence-corrected chi connectivity index (χ3v) is 3.78. The molecular weight excluding hydrogens is 356 g/mol. The van der Waals surface area contributed by atoms with Crippen LogP contribution in [0.3, 0.4) is 0 Å². The van der Waals surface area contributed by atoms with Gasteiger partial charge in [0, 0.05) is 20.6 Å². The van der Waals surface area contributed by atoms with Crippen LogP contribution < -0.4 is 9.47 Å². The maximum absolute atomic E-state index is 12.7. The number of rotatable bonds is 4. The van der Waals surface area contributed by atoms with Crippen molar-refractivity contribution in [3.63, 3.8) is 0 Å². The number of carbonyl (C=O) groups is 1. The molecule has 0 heterocycles. The summed E-state index contributed by atoms with van der Waals surface area (Å²) in [6, 6.07) is 8.59. The zero-order valence-corrected chi connectivity index (χ0v) is 14.2. The fourth-order valence-electron chi connectivity index (χ4n) is 2.07. The molecule has 3 nitrogen and oxygen atoms in total. The highest BCUT2D eigenvalue weighted by Gasteiger charge is 2.17. The van der Waals surface area contributed by atoms with Crippen molar-refractivity contribution in [3.8, 4) is 11.5 Å². The van der Waals surface area contributed by atoms with Gasteiger partial charge in [0.25, 0.3) is 0 Å².